The number of hydrogen-bond donors (Lipinski definition) is 2. The Bertz CT molecular complexity index is 1820. The summed E-state index contributed by atoms with van der Waals surface area (Å²) >= 11 is 6.29. The Labute approximate surface area is 330 Å². The number of piperazine rings is 1. The van der Waals surface area contributed by atoms with Gasteiger partial charge in [0.05, 0.1) is 23.9 Å². The van der Waals surface area contributed by atoms with Gasteiger partial charge in [-0.15, -0.1) is 0 Å². The monoisotopic (exact) mass is 799 g/mol. The van der Waals surface area contributed by atoms with E-state index in [1.54, 1.807) is 6.07 Å². The van der Waals surface area contributed by atoms with Gasteiger partial charge in [-0.3, -0.25) is 14.6 Å². The van der Waals surface area contributed by atoms with Gasteiger partial charge in [0.15, 0.2) is 0 Å². The number of nitriles is 1. The lowest BCUT2D eigenvalue weighted by atomic mass is 9.78. The van der Waals surface area contributed by atoms with Gasteiger partial charge in [0.25, 0.3) is 0 Å². The van der Waals surface area contributed by atoms with Crippen LogP contribution in [0.2, 0.25) is 5.02 Å². The highest BCUT2D eigenvalue weighted by molar-refractivity contribution is 6.30. The normalized spacial score (nSPS) is 18.1. The fourth-order valence-electron chi connectivity index (χ4n) is 7.55. The molecule has 1 aromatic heterocycles. The van der Waals surface area contributed by atoms with Crippen LogP contribution in [-0.2, 0) is 21.6 Å². The average Bonchev–Trinajstić information content (AvgIpc) is 3.18. The van der Waals surface area contributed by atoms with Crippen LogP contribution in [0.3, 0.4) is 0 Å². The number of nitrogens with zero attached hydrogens (tertiary/aromatic N) is 7. The van der Waals surface area contributed by atoms with Crippen molar-refractivity contribution in [1.82, 2.24) is 24.7 Å². The third-order valence-electron chi connectivity index (χ3n) is 10.9. The Kier molecular flexibility index (Phi) is 14.5. The van der Waals surface area contributed by atoms with Gasteiger partial charge in [0, 0.05) is 68.5 Å². The number of aliphatic carboxylic acids is 2. The predicted octanol–water partition coefficient (Wildman–Crippen LogP) is 5.92. The second-order valence-corrected chi connectivity index (χ2v) is 15.5. The van der Waals surface area contributed by atoms with Gasteiger partial charge in [0.2, 0.25) is 5.95 Å². The smallest absolute Gasteiger partial charge is 0.487 e. The predicted molar refractivity (Wildman–Crippen MR) is 205 cm³/mol. The molecule has 4 heterocycles. The van der Waals surface area contributed by atoms with Crippen molar-refractivity contribution in [2.75, 3.05) is 70.3 Å². The van der Waals surface area contributed by atoms with E-state index in [4.69, 9.17) is 36.3 Å². The molecular weight excluding hydrogens is 751 g/mol. The van der Waals surface area contributed by atoms with Gasteiger partial charge in [-0.1, -0.05) is 37.6 Å². The fraction of sp³-hybridized carbons (Fsp3) is 0.525. The maximum atomic E-state index is 11.0. The van der Waals surface area contributed by atoms with Gasteiger partial charge >= 0.3 is 18.1 Å². The number of carbonyl (C=O) groups is 2. The van der Waals surface area contributed by atoms with Crippen molar-refractivity contribution < 1.29 is 37.7 Å². The van der Waals surface area contributed by atoms with Crippen LogP contribution in [0.1, 0.15) is 61.9 Å². The number of carboxylic acid groups (broad SMARTS) is 2. The minimum atomic E-state index is -5.08. The number of halogens is 4. The maximum Gasteiger partial charge on any atom is 0.490 e. The topological polar surface area (TPSA) is 146 Å². The number of benzene rings is 2. The average molecular weight is 800 g/mol. The number of hydrogen-bond acceptors (Lipinski definition) is 10. The molecule has 302 valence electrons. The van der Waals surface area contributed by atoms with Crippen molar-refractivity contribution in [3.63, 3.8) is 0 Å². The van der Waals surface area contributed by atoms with Crippen molar-refractivity contribution in [2.24, 2.45) is 5.92 Å². The summed E-state index contributed by atoms with van der Waals surface area (Å²) in [5, 5.41) is 26.1. The zero-order chi connectivity index (χ0) is 40.5. The molecule has 2 N–H and O–H groups in total. The molecule has 16 heteroatoms. The Morgan fingerprint density at radius 2 is 1.54 bits per heavy atom. The summed E-state index contributed by atoms with van der Waals surface area (Å²) in [6, 6.07) is 18.3. The van der Waals surface area contributed by atoms with E-state index in [2.05, 4.69) is 56.6 Å². The molecule has 0 unspecified atom stereocenters. The van der Waals surface area contributed by atoms with E-state index in [1.807, 2.05) is 36.5 Å². The van der Waals surface area contributed by atoms with Crippen LogP contribution in [0.25, 0.3) is 0 Å². The quantitative estimate of drug-likeness (QED) is 0.237. The van der Waals surface area contributed by atoms with E-state index in [-0.39, 0.29) is 12.0 Å². The van der Waals surface area contributed by atoms with E-state index in [0.717, 1.165) is 106 Å². The number of alkyl halides is 3. The van der Waals surface area contributed by atoms with Crippen LogP contribution < -0.4 is 9.64 Å². The zero-order valence-electron chi connectivity index (χ0n) is 31.7. The first-order valence-corrected chi connectivity index (χ1v) is 19.2. The van der Waals surface area contributed by atoms with E-state index < -0.39 is 18.1 Å². The number of carboxylic acids is 2. The number of anilines is 1. The Morgan fingerprint density at radius 3 is 2.12 bits per heavy atom. The standard InChI is InChI=1S/C38H48ClN7O3.C2HF3O2/c1-38(2,31-21-29(24-40)22-32(39)23-31)30-3-5-35(6-4-30)49-27-33-7-12-41-37(42-33)46-19-17-44(18-20-46)25-28-8-15-45(16-9-28)34-10-13-43(14-11-34)26-36(47)48;3-2(4,5)1(6)7/h3-7,12,21-23,28,34H,8-11,13-20,25-27H2,1-2H3,(H,47,48);(H,6,7). The van der Waals surface area contributed by atoms with Gasteiger partial charge in [-0.25, -0.2) is 14.8 Å². The SMILES string of the molecule is CC(C)(c1ccc(OCc2ccnc(N3CCN(CC4CCN(C5CCN(CC(=O)O)CC5)CC4)CC3)n2)cc1)c1cc(Cl)cc(C#N)c1.O=C(O)C(F)(F)F. The molecule has 3 aromatic rings. The highest BCUT2D eigenvalue weighted by Crippen LogP contribution is 2.34. The molecule has 0 radical (unpaired) electrons. The number of likely N-dealkylation sites (tertiary alicyclic amines) is 2. The Hall–Kier alpha value is -4.49. The highest BCUT2D eigenvalue weighted by Gasteiger charge is 2.38. The van der Waals surface area contributed by atoms with Crippen LogP contribution in [0.5, 0.6) is 5.75 Å². The number of ether oxygens (including phenoxy) is 1. The third kappa shape index (κ3) is 12.0. The van der Waals surface area contributed by atoms with Crippen molar-refractivity contribution in [3.05, 3.63) is 82.1 Å². The van der Waals surface area contributed by atoms with Crippen LogP contribution in [0, 0.1) is 17.2 Å². The summed E-state index contributed by atoms with van der Waals surface area (Å²) in [4.78, 5) is 39.0. The van der Waals surface area contributed by atoms with Crippen LogP contribution in [0.15, 0.2) is 54.7 Å². The molecule has 12 nitrogen and oxygen atoms in total. The molecule has 6 rings (SSSR count). The molecule has 56 heavy (non-hydrogen) atoms. The minimum Gasteiger partial charge on any atom is -0.487 e. The first-order chi connectivity index (χ1) is 26.6. The van der Waals surface area contributed by atoms with Gasteiger partial charge in [-0.05, 0) is 92.2 Å². The van der Waals surface area contributed by atoms with Gasteiger partial charge < -0.3 is 24.7 Å². The van der Waals surface area contributed by atoms with Crippen LogP contribution in [0.4, 0.5) is 19.1 Å². The van der Waals surface area contributed by atoms with Crippen molar-refractivity contribution in [2.45, 2.75) is 63.8 Å². The van der Waals surface area contributed by atoms with E-state index in [9.17, 15) is 23.2 Å². The van der Waals surface area contributed by atoms with E-state index in [1.165, 1.54) is 12.8 Å². The van der Waals surface area contributed by atoms with Gasteiger partial charge in [-0.2, -0.15) is 18.4 Å². The molecule has 0 saturated carbocycles. The van der Waals surface area contributed by atoms with Gasteiger partial charge in [0.1, 0.15) is 12.4 Å². The summed E-state index contributed by atoms with van der Waals surface area (Å²) in [7, 11) is 0. The second kappa shape index (κ2) is 19.1. The molecule has 0 atom stereocenters. The number of aromatic nitrogens is 2. The maximum absolute atomic E-state index is 11.0. The zero-order valence-corrected chi connectivity index (χ0v) is 32.5. The second-order valence-electron chi connectivity index (χ2n) is 15.1. The molecule has 0 amide bonds. The summed E-state index contributed by atoms with van der Waals surface area (Å²) in [6.07, 6.45) is 1.39. The lowest BCUT2D eigenvalue weighted by Crippen LogP contribution is -2.51. The molecular formula is C40H49ClF3N7O5. The van der Waals surface area contributed by atoms with E-state index >= 15 is 0 Å². The van der Waals surface area contributed by atoms with Crippen molar-refractivity contribution in [3.8, 4) is 11.8 Å². The Balaban J connectivity index is 0.000000784. The lowest BCUT2D eigenvalue weighted by molar-refractivity contribution is -0.192. The lowest BCUT2D eigenvalue weighted by Gasteiger charge is -2.43. The van der Waals surface area contributed by atoms with Crippen LogP contribution in [-0.4, -0.2) is 124 Å². The van der Waals surface area contributed by atoms with Crippen molar-refractivity contribution >= 4 is 29.5 Å². The molecule has 0 aliphatic carbocycles. The first-order valence-electron chi connectivity index (χ1n) is 18.8. The molecule has 3 aliphatic heterocycles. The number of rotatable bonds is 11. The number of piperidine rings is 2. The van der Waals surface area contributed by atoms with Crippen molar-refractivity contribution in [1.29, 1.82) is 5.26 Å². The summed E-state index contributed by atoms with van der Waals surface area (Å²) in [5.74, 6) is -1.21. The summed E-state index contributed by atoms with van der Waals surface area (Å²) in [5.41, 5.74) is 3.16. The summed E-state index contributed by atoms with van der Waals surface area (Å²) in [6.45, 7) is 13.9. The first kappa shape index (κ1) is 42.6. The third-order valence-corrected chi connectivity index (χ3v) is 11.1. The molecule has 3 aliphatic rings. The fourth-order valence-corrected chi connectivity index (χ4v) is 7.79. The molecule has 3 fully saturated rings. The highest BCUT2D eigenvalue weighted by atomic mass is 35.5. The molecule has 3 saturated heterocycles. The molecule has 0 bridgehead atoms. The van der Waals surface area contributed by atoms with Crippen LogP contribution >= 0.6 is 11.6 Å². The van der Waals surface area contributed by atoms with E-state index in [0.29, 0.717) is 23.2 Å². The molecule has 0 spiro atoms. The Morgan fingerprint density at radius 1 is 0.893 bits per heavy atom. The summed E-state index contributed by atoms with van der Waals surface area (Å²) < 4.78 is 37.9. The largest absolute Gasteiger partial charge is 0.490 e. The molecule has 2 aromatic carbocycles. The minimum absolute atomic E-state index is 0.169.